The lowest BCUT2D eigenvalue weighted by atomic mass is 10.1. The Hall–Kier alpha value is -1.65. The Kier molecular flexibility index (Phi) is 3.12. The Bertz CT molecular complexity index is 807. The fourth-order valence-corrected chi connectivity index (χ4v) is 2.64. The molecule has 2 nitrogen and oxygen atoms in total. The van der Waals surface area contributed by atoms with Gasteiger partial charge in [-0.15, -0.1) is 25.3 Å². The van der Waals surface area contributed by atoms with Crippen molar-refractivity contribution in [3.05, 3.63) is 58.8 Å². The number of thiol groups is 2. The summed E-state index contributed by atoms with van der Waals surface area (Å²) in [5.41, 5.74) is 1.27. The van der Waals surface area contributed by atoms with E-state index in [0.717, 1.165) is 5.56 Å². The Morgan fingerprint density at radius 1 is 0.947 bits per heavy atom. The molecule has 0 fully saturated rings. The third kappa shape index (κ3) is 2.29. The summed E-state index contributed by atoms with van der Waals surface area (Å²) in [5, 5.41) is 0.497. The van der Waals surface area contributed by atoms with E-state index < -0.39 is 0 Å². The molecule has 0 bridgehead atoms. The van der Waals surface area contributed by atoms with Crippen molar-refractivity contribution in [2.45, 2.75) is 9.79 Å². The van der Waals surface area contributed by atoms with Crippen molar-refractivity contribution in [3.8, 4) is 11.3 Å². The smallest absolute Gasteiger partial charge is 0.193 e. The molecule has 4 heteroatoms. The summed E-state index contributed by atoms with van der Waals surface area (Å²) in [4.78, 5) is 13.4. The van der Waals surface area contributed by atoms with Gasteiger partial charge in [-0.25, -0.2) is 0 Å². The van der Waals surface area contributed by atoms with Crippen LogP contribution in [-0.2, 0) is 0 Å². The first kappa shape index (κ1) is 12.4. The second kappa shape index (κ2) is 4.79. The second-order valence-corrected chi connectivity index (χ2v) is 5.18. The number of hydrogen-bond donors (Lipinski definition) is 2. The first-order chi connectivity index (χ1) is 9.15. The van der Waals surface area contributed by atoms with Gasteiger partial charge in [0, 0.05) is 21.4 Å². The van der Waals surface area contributed by atoms with E-state index in [1.165, 1.54) is 6.07 Å². The molecular weight excluding hydrogens is 276 g/mol. The Morgan fingerprint density at radius 3 is 2.42 bits per heavy atom. The average molecular weight is 286 g/mol. The molecule has 0 atom stereocenters. The summed E-state index contributed by atoms with van der Waals surface area (Å²) in [6.07, 6.45) is 0. The van der Waals surface area contributed by atoms with Crippen molar-refractivity contribution in [2.75, 3.05) is 0 Å². The molecule has 1 aromatic heterocycles. The molecule has 3 aromatic rings. The van der Waals surface area contributed by atoms with Crippen molar-refractivity contribution < 1.29 is 4.42 Å². The van der Waals surface area contributed by atoms with Gasteiger partial charge in [-0.1, -0.05) is 30.3 Å². The standard InChI is InChI=1S/C15H10O2S2/c16-12-8-13(9-4-2-1-3-5-9)17-15-11(12)6-10(18)7-14(15)19/h1-8,18-19H. The molecule has 0 unspecified atom stereocenters. The van der Waals surface area contributed by atoms with E-state index in [1.54, 1.807) is 12.1 Å². The zero-order chi connectivity index (χ0) is 13.4. The summed E-state index contributed by atoms with van der Waals surface area (Å²) in [6.45, 7) is 0. The second-order valence-electron chi connectivity index (χ2n) is 4.18. The van der Waals surface area contributed by atoms with E-state index in [9.17, 15) is 4.79 Å². The molecule has 0 radical (unpaired) electrons. The van der Waals surface area contributed by atoms with Crippen LogP contribution in [0.5, 0.6) is 0 Å². The Morgan fingerprint density at radius 2 is 1.68 bits per heavy atom. The predicted molar refractivity (Wildman–Crippen MR) is 82.4 cm³/mol. The summed E-state index contributed by atoms with van der Waals surface area (Å²) in [5.74, 6) is 0.542. The zero-order valence-electron chi connectivity index (χ0n) is 9.83. The summed E-state index contributed by atoms with van der Waals surface area (Å²) in [6, 6.07) is 14.5. The minimum absolute atomic E-state index is 0.0914. The summed E-state index contributed by atoms with van der Waals surface area (Å²) < 4.78 is 5.80. The highest BCUT2D eigenvalue weighted by Gasteiger charge is 2.09. The maximum Gasteiger partial charge on any atom is 0.193 e. The van der Waals surface area contributed by atoms with Crippen LogP contribution in [0, 0.1) is 0 Å². The van der Waals surface area contributed by atoms with Crippen LogP contribution < -0.4 is 5.43 Å². The van der Waals surface area contributed by atoms with E-state index in [-0.39, 0.29) is 5.43 Å². The monoisotopic (exact) mass is 286 g/mol. The fraction of sp³-hybridized carbons (Fsp3) is 0. The van der Waals surface area contributed by atoms with Crippen molar-refractivity contribution in [3.63, 3.8) is 0 Å². The minimum Gasteiger partial charge on any atom is -0.455 e. The lowest BCUT2D eigenvalue weighted by molar-refractivity contribution is 0.611. The molecule has 0 aliphatic carbocycles. The van der Waals surface area contributed by atoms with Crippen molar-refractivity contribution >= 4 is 36.2 Å². The fourth-order valence-electron chi connectivity index (χ4n) is 1.97. The van der Waals surface area contributed by atoms with Crippen molar-refractivity contribution in [1.29, 1.82) is 0 Å². The van der Waals surface area contributed by atoms with E-state index in [0.29, 0.717) is 26.5 Å². The van der Waals surface area contributed by atoms with Gasteiger partial charge in [-0.05, 0) is 12.1 Å². The minimum atomic E-state index is -0.0914. The lowest BCUT2D eigenvalue weighted by Gasteiger charge is -2.05. The molecule has 0 aliphatic heterocycles. The normalized spacial score (nSPS) is 10.8. The Balaban J connectivity index is 2.34. The van der Waals surface area contributed by atoms with Crippen LogP contribution in [0.15, 0.2) is 67.5 Å². The molecule has 1 heterocycles. The zero-order valence-corrected chi connectivity index (χ0v) is 11.6. The van der Waals surface area contributed by atoms with Gasteiger partial charge in [0.25, 0.3) is 0 Å². The molecule has 0 saturated heterocycles. The molecule has 0 amide bonds. The number of rotatable bonds is 1. The molecule has 0 N–H and O–H groups in total. The van der Waals surface area contributed by atoms with Crippen LogP contribution in [-0.4, -0.2) is 0 Å². The maximum absolute atomic E-state index is 12.1. The molecule has 0 spiro atoms. The third-order valence-electron chi connectivity index (χ3n) is 2.85. The van der Waals surface area contributed by atoms with E-state index in [4.69, 9.17) is 4.42 Å². The van der Waals surface area contributed by atoms with E-state index in [2.05, 4.69) is 25.3 Å². The highest BCUT2D eigenvalue weighted by molar-refractivity contribution is 7.81. The first-order valence-electron chi connectivity index (χ1n) is 5.70. The van der Waals surface area contributed by atoms with Gasteiger partial charge in [0.15, 0.2) is 11.0 Å². The third-order valence-corrected chi connectivity index (χ3v) is 3.44. The lowest BCUT2D eigenvalue weighted by Crippen LogP contribution is -2.00. The van der Waals surface area contributed by atoms with Crippen LogP contribution in [0.25, 0.3) is 22.3 Å². The molecule has 3 rings (SSSR count). The highest BCUT2D eigenvalue weighted by atomic mass is 32.1. The number of benzene rings is 2. The van der Waals surface area contributed by atoms with Crippen LogP contribution in [0.2, 0.25) is 0 Å². The molecule has 94 valence electrons. The topological polar surface area (TPSA) is 30.2 Å². The molecule has 0 saturated carbocycles. The van der Waals surface area contributed by atoms with E-state index in [1.807, 2.05) is 30.3 Å². The van der Waals surface area contributed by atoms with Crippen LogP contribution in [0.1, 0.15) is 0 Å². The first-order valence-corrected chi connectivity index (χ1v) is 6.60. The average Bonchev–Trinajstić information content (AvgIpc) is 2.41. The van der Waals surface area contributed by atoms with Gasteiger partial charge >= 0.3 is 0 Å². The Labute approximate surface area is 120 Å². The number of hydrogen-bond acceptors (Lipinski definition) is 4. The molecular formula is C15H10O2S2. The van der Waals surface area contributed by atoms with Gasteiger partial charge in [-0.2, -0.15) is 0 Å². The van der Waals surface area contributed by atoms with Gasteiger partial charge in [0.05, 0.1) is 5.39 Å². The summed E-state index contributed by atoms with van der Waals surface area (Å²) in [7, 11) is 0. The number of fused-ring (bicyclic) bond motifs is 1. The largest absolute Gasteiger partial charge is 0.455 e. The SMILES string of the molecule is O=c1cc(-c2ccccc2)oc2c(S)cc(S)cc12. The van der Waals surface area contributed by atoms with Gasteiger partial charge in [0.1, 0.15) is 5.76 Å². The van der Waals surface area contributed by atoms with Crippen LogP contribution in [0.3, 0.4) is 0 Å². The molecule has 2 aromatic carbocycles. The van der Waals surface area contributed by atoms with E-state index >= 15 is 0 Å². The quantitative estimate of drug-likeness (QED) is 0.661. The van der Waals surface area contributed by atoms with Gasteiger partial charge < -0.3 is 4.42 Å². The molecule has 19 heavy (non-hydrogen) atoms. The van der Waals surface area contributed by atoms with Gasteiger partial charge in [-0.3, -0.25) is 4.79 Å². The predicted octanol–water partition coefficient (Wildman–Crippen LogP) is 4.04. The van der Waals surface area contributed by atoms with Gasteiger partial charge in [0.2, 0.25) is 0 Å². The molecule has 0 aliphatic rings. The van der Waals surface area contributed by atoms with Crippen molar-refractivity contribution in [2.24, 2.45) is 0 Å². The van der Waals surface area contributed by atoms with Crippen LogP contribution >= 0.6 is 25.3 Å². The highest BCUT2D eigenvalue weighted by Crippen LogP contribution is 2.28. The summed E-state index contributed by atoms with van der Waals surface area (Å²) >= 11 is 8.59. The van der Waals surface area contributed by atoms with Crippen molar-refractivity contribution in [1.82, 2.24) is 0 Å². The van der Waals surface area contributed by atoms with Crippen LogP contribution in [0.4, 0.5) is 0 Å². The maximum atomic E-state index is 12.1.